The molecule has 5 nitrogen and oxygen atoms in total. The molecule has 152 valence electrons. The summed E-state index contributed by atoms with van der Waals surface area (Å²) in [5.41, 5.74) is 1.74. The van der Waals surface area contributed by atoms with Crippen LogP contribution in [0.1, 0.15) is 27.7 Å². The van der Waals surface area contributed by atoms with Crippen molar-refractivity contribution < 1.29 is 17.6 Å². The van der Waals surface area contributed by atoms with Crippen LogP contribution in [-0.4, -0.2) is 20.6 Å². The number of fused-ring (bicyclic) bond motifs is 1. The van der Waals surface area contributed by atoms with Crippen LogP contribution in [0, 0.1) is 0 Å². The fourth-order valence-corrected chi connectivity index (χ4v) is 4.55. The Balaban J connectivity index is 1.73. The Bertz CT molecular complexity index is 1300. The van der Waals surface area contributed by atoms with E-state index in [1.807, 2.05) is 60.7 Å². The molecule has 0 radical (unpaired) electrons. The third-order valence-corrected chi connectivity index (χ3v) is 6.31. The maximum absolute atomic E-state index is 13.0. The lowest BCUT2D eigenvalue weighted by atomic mass is 10.0. The van der Waals surface area contributed by atoms with Gasteiger partial charge in [0.25, 0.3) is 5.91 Å². The number of rotatable bonds is 5. The predicted molar refractivity (Wildman–Crippen MR) is 117 cm³/mol. The number of carbonyl (C=O) groups is 1. The van der Waals surface area contributed by atoms with Gasteiger partial charge in [-0.1, -0.05) is 60.1 Å². The van der Waals surface area contributed by atoms with Crippen LogP contribution in [0.3, 0.4) is 0 Å². The SMILES string of the molecule is CS(=O)(=O)c1cc(C(=O)NC(c2ccccc2)c2cc3ccccc3o2)ccc1Cl. The molecular weight excluding hydrogens is 422 g/mol. The maximum Gasteiger partial charge on any atom is 0.252 e. The summed E-state index contributed by atoms with van der Waals surface area (Å²) < 4.78 is 29.9. The minimum Gasteiger partial charge on any atom is -0.459 e. The minimum absolute atomic E-state index is 0.0749. The Morgan fingerprint density at radius 2 is 1.67 bits per heavy atom. The van der Waals surface area contributed by atoms with E-state index in [0.29, 0.717) is 11.3 Å². The van der Waals surface area contributed by atoms with Crippen molar-refractivity contribution in [1.29, 1.82) is 0 Å². The molecule has 0 spiro atoms. The molecule has 1 N–H and O–H groups in total. The van der Waals surface area contributed by atoms with E-state index >= 15 is 0 Å². The number of para-hydroxylation sites is 1. The number of halogens is 1. The molecule has 0 saturated heterocycles. The van der Waals surface area contributed by atoms with Gasteiger partial charge < -0.3 is 9.73 Å². The van der Waals surface area contributed by atoms with Gasteiger partial charge in [0.1, 0.15) is 17.4 Å². The van der Waals surface area contributed by atoms with Crippen molar-refractivity contribution in [2.24, 2.45) is 0 Å². The molecule has 0 bridgehead atoms. The fourth-order valence-electron chi connectivity index (χ4n) is 3.25. The van der Waals surface area contributed by atoms with Gasteiger partial charge in [0, 0.05) is 17.2 Å². The first kappa shape index (κ1) is 20.2. The number of hydrogen-bond acceptors (Lipinski definition) is 4. The van der Waals surface area contributed by atoms with Crippen molar-refractivity contribution in [3.8, 4) is 0 Å². The van der Waals surface area contributed by atoms with Crippen LogP contribution in [0.25, 0.3) is 11.0 Å². The monoisotopic (exact) mass is 439 g/mol. The molecule has 0 fully saturated rings. The van der Waals surface area contributed by atoms with Gasteiger partial charge in [-0.05, 0) is 35.9 Å². The van der Waals surface area contributed by atoms with Gasteiger partial charge in [0.05, 0.1) is 9.92 Å². The van der Waals surface area contributed by atoms with E-state index in [-0.39, 0.29) is 15.5 Å². The Hall–Kier alpha value is -3.09. The number of nitrogens with one attached hydrogen (secondary N) is 1. The lowest BCUT2D eigenvalue weighted by molar-refractivity contribution is 0.0939. The predicted octanol–water partition coefficient (Wildman–Crippen LogP) is 5.01. The van der Waals surface area contributed by atoms with Crippen LogP contribution in [-0.2, 0) is 9.84 Å². The second-order valence-electron chi connectivity index (χ2n) is 6.92. The van der Waals surface area contributed by atoms with Crippen LogP contribution >= 0.6 is 11.6 Å². The average Bonchev–Trinajstić information content (AvgIpc) is 3.16. The summed E-state index contributed by atoms with van der Waals surface area (Å²) in [4.78, 5) is 12.9. The molecule has 1 amide bonds. The summed E-state index contributed by atoms with van der Waals surface area (Å²) in [5.74, 6) is 0.138. The summed E-state index contributed by atoms with van der Waals surface area (Å²) in [6.07, 6.45) is 1.05. The van der Waals surface area contributed by atoms with Crippen LogP contribution in [0.5, 0.6) is 0 Å². The molecular formula is C23H18ClNO4S. The molecule has 0 saturated carbocycles. The summed E-state index contributed by atoms with van der Waals surface area (Å²) in [7, 11) is -3.57. The number of carbonyl (C=O) groups excluding carboxylic acids is 1. The highest BCUT2D eigenvalue weighted by Crippen LogP contribution is 2.29. The summed E-state index contributed by atoms with van der Waals surface area (Å²) in [6.45, 7) is 0. The normalized spacial score (nSPS) is 12.6. The molecule has 1 atom stereocenters. The zero-order chi connectivity index (χ0) is 21.3. The largest absolute Gasteiger partial charge is 0.459 e. The van der Waals surface area contributed by atoms with Gasteiger partial charge in [-0.2, -0.15) is 0 Å². The summed E-state index contributed by atoms with van der Waals surface area (Å²) >= 11 is 6.00. The molecule has 0 aliphatic heterocycles. The Kier molecular flexibility index (Phi) is 5.37. The van der Waals surface area contributed by atoms with E-state index < -0.39 is 21.8 Å². The number of amides is 1. The molecule has 30 heavy (non-hydrogen) atoms. The summed E-state index contributed by atoms with van der Waals surface area (Å²) in [5, 5.41) is 3.95. The number of sulfone groups is 1. The minimum atomic E-state index is -3.57. The fraction of sp³-hybridized carbons (Fsp3) is 0.0870. The molecule has 3 aromatic carbocycles. The molecule has 1 unspecified atom stereocenters. The lowest BCUT2D eigenvalue weighted by Crippen LogP contribution is -2.29. The molecule has 1 aromatic heterocycles. The van der Waals surface area contributed by atoms with Crippen LogP contribution in [0.15, 0.2) is 88.2 Å². The molecule has 0 aliphatic rings. The number of hydrogen-bond donors (Lipinski definition) is 1. The van der Waals surface area contributed by atoms with Gasteiger partial charge in [-0.15, -0.1) is 0 Å². The third-order valence-electron chi connectivity index (χ3n) is 4.73. The van der Waals surface area contributed by atoms with Gasteiger partial charge >= 0.3 is 0 Å². The van der Waals surface area contributed by atoms with Crippen molar-refractivity contribution in [1.82, 2.24) is 5.32 Å². The Morgan fingerprint density at radius 1 is 0.967 bits per heavy atom. The van der Waals surface area contributed by atoms with Crippen molar-refractivity contribution >= 4 is 38.3 Å². The number of furan rings is 1. The third kappa shape index (κ3) is 4.10. The smallest absolute Gasteiger partial charge is 0.252 e. The first-order valence-electron chi connectivity index (χ1n) is 9.17. The zero-order valence-corrected chi connectivity index (χ0v) is 17.6. The standard InChI is InChI=1S/C23H18ClNO4S/c1-30(27,28)21-14-17(11-12-18(21)24)23(26)25-22(15-7-3-2-4-8-15)20-13-16-9-5-6-10-19(16)29-20/h2-14,22H,1H3,(H,25,26). The Morgan fingerprint density at radius 3 is 2.37 bits per heavy atom. The molecule has 1 heterocycles. The van der Waals surface area contributed by atoms with Gasteiger partial charge in [-0.25, -0.2) is 8.42 Å². The topological polar surface area (TPSA) is 76.4 Å². The molecule has 4 aromatic rings. The van der Waals surface area contributed by atoms with E-state index in [1.54, 1.807) is 0 Å². The van der Waals surface area contributed by atoms with Crippen molar-refractivity contribution in [2.45, 2.75) is 10.9 Å². The highest BCUT2D eigenvalue weighted by Gasteiger charge is 2.23. The van der Waals surface area contributed by atoms with E-state index in [9.17, 15) is 13.2 Å². The van der Waals surface area contributed by atoms with E-state index in [0.717, 1.165) is 17.2 Å². The van der Waals surface area contributed by atoms with Crippen molar-refractivity contribution in [3.05, 3.63) is 101 Å². The first-order valence-corrected chi connectivity index (χ1v) is 11.4. The second kappa shape index (κ2) is 7.97. The van der Waals surface area contributed by atoms with Gasteiger partial charge in [0.2, 0.25) is 0 Å². The van der Waals surface area contributed by atoms with E-state index in [1.165, 1.54) is 18.2 Å². The second-order valence-corrected chi connectivity index (χ2v) is 9.31. The highest BCUT2D eigenvalue weighted by atomic mass is 35.5. The van der Waals surface area contributed by atoms with E-state index in [4.69, 9.17) is 16.0 Å². The quantitative estimate of drug-likeness (QED) is 0.474. The zero-order valence-electron chi connectivity index (χ0n) is 16.0. The van der Waals surface area contributed by atoms with Crippen molar-refractivity contribution in [2.75, 3.05) is 6.26 Å². The molecule has 4 rings (SSSR count). The van der Waals surface area contributed by atoms with Crippen LogP contribution in [0.4, 0.5) is 0 Å². The lowest BCUT2D eigenvalue weighted by Gasteiger charge is -2.17. The molecule has 7 heteroatoms. The van der Waals surface area contributed by atoms with Gasteiger partial charge in [0.15, 0.2) is 9.84 Å². The number of benzene rings is 3. The summed E-state index contributed by atoms with van der Waals surface area (Å²) in [6, 6.07) is 22.5. The highest BCUT2D eigenvalue weighted by molar-refractivity contribution is 7.90. The average molecular weight is 440 g/mol. The first-order chi connectivity index (χ1) is 14.3. The molecule has 0 aliphatic carbocycles. The van der Waals surface area contributed by atoms with Crippen LogP contribution in [0.2, 0.25) is 5.02 Å². The van der Waals surface area contributed by atoms with E-state index in [2.05, 4.69) is 5.32 Å². The maximum atomic E-state index is 13.0. The Labute approximate surface area is 179 Å². The van der Waals surface area contributed by atoms with Gasteiger partial charge in [-0.3, -0.25) is 4.79 Å². The van der Waals surface area contributed by atoms with Crippen LogP contribution < -0.4 is 5.32 Å². The van der Waals surface area contributed by atoms with Crippen molar-refractivity contribution in [3.63, 3.8) is 0 Å².